The molecule has 2 aromatic carbocycles. The fraction of sp³-hybridized carbons (Fsp3) is 0.321. The average Bonchev–Trinajstić information content (AvgIpc) is 3.40. The first kappa shape index (κ1) is 25.6. The number of aryl methyl sites for hydroxylation is 2. The van der Waals surface area contributed by atoms with Crippen LogP contribution >= 0.6 is 0 Å². The minimum Gasteiger partial charge on any atom is -0.381 e. The van der Waals surface area contributed by atoms with E-state index >= 15 is 8.78 Å². The summed E-state index contributed by atoms with van der Waals surface area (Å²) in [6.07, 6.45) is 3.76. The Balaban J connectivity index is 1.75. The highest BCUT2D eigenvalue weighted by Crippen LogP contribution is 2.43. The highest BCUT2D eigenvalue weighted by Gasteiger charge is 2.33. The van der Waals surface area contributed by atoms with Gasteiger partial charge in [-0.15, -0.1) is 5.10 Å². The van der Waals surface area contributed by atoms with Crippen LogP contribution in [0.1, 0.15) is 30.1 Å². The molecule has 5 aromatic rings. The van der Waals surface area contributed by atoms with Crippen LogP contribution in [-0.2, 0) is 21.6 Å². The lowest BCUT2D eigenvalue weighted by atomic mass is 9.86. The molecule has 0 aliphatic carbocycles. The van der Waals surface area contributed by atoms with E-state index in [-0.39, 0.29) is 16.6 Å². The zero-order chi connectivity index (χ0) is 27.5. The van der Waals surface area contributed by atoms with E-state index in [1.807, 2.05) is 4.57 Å². The van der Waals surface area contributed by atoms with Gasteiger partial charge in [-0.1, -0.05) is 23.4 Å². The third-order valence-electron chi connectivity index (χ3n) is 7.60. The Hall–Kier alpha value is -3.70. The third kappa shape index (κ3) is 4.29. The Morgan fingerprint density at radius 3 is 2.46 bits per heavy atom. The zero-order valence-corrected chi connectivity index (χ0v) is 22.5. The monoisotopic (exact) mass is 551 g/mol. The summed E-state index contributed by atoms with van der Waals surface area (Å²) in [6.45, 7) is 2.81. The maximum absolute atomic E-state index is 15.7. The minimum atomic E-state index is -3.60. The van der Waals surface area contributed by atoms with Crippen molar-refractivity contribution in [3.8, 4) is 11.3 Å². The topological polar surface area (TPSA) is 91.9 Å². The molecule has 1 aliphatic rings. The second-order valence-corrected chi connectivity index (χ2v) is 12.1. The van der Waals surface area contributed by atoms with E-state index < -0.39 is 21.7 Å². The van der Waals surface area contributed by atoms with Crippen LogP contribution in [0.4, 0.5) is 8.78 Å². The predicted octanol–water partition coefficient (Wildman–Crippen LogP) is 4.99. The van der Waals surface area contributed by atoms with Crippen LogP contribution < -0.4 is 0 Å². The molecular weight excluding hydrogens is 524 g/mol. The maximum atomic E-state index is 15.7. The van der Waals surface area contributed by atoms with Crippen molar-refractivity contribution in [1.29, 1.82) is 0 Å². The summed E-state index contributed by atoms with van der Waals surface area (Å²) in [5, 5.41) is 8.63. The SMILES string of the molecule is Cc1nnn(C)c1-c1cc2c(cc1F)c1ncc(S(C)(=O)=O)cc1n2[C@H](c1ccccc1F)C1CCOCC1. The van der Waals surface area contributed by atoms with Gasteiger partial charge < -0.3 is 9.30 Å². The standard InChI is InChI=1S/C28H27F2N5O3S/c1-16-27(34(2)33-32-16)20-14-24-21(13-23(20)30)26-25(12-18(15-31-26)39(3,36)37)35(24)28(17-8-10-38-11-9-17)19-6-4-5-7-22(19)29/h4-7,12-15,17,28H,8-11H2,1-3H3/t28-/m0/s1. The molecule has 0 spiro atoms. The number of halogens is 2. The van der Waals surface area contributed by atoms with Gasteiger partial charge in [-0.05, 0) is 49.9 Å². The number of pyridine rings is 1. The van der Waals surface area contributed by atoms with Crippen molar-refractivity contribution in [2.45, 2.75) is 30.7 Å². The van der Waals surface area contributed by atoms with Crippen LogP contribution in [0.5, 0.6) is 0 Å². The van der Waals surface area contributed by atoms with Gasteiger partial charge in [0.1, 0.15) is 11.6 Å². The number of ether oxygens (including phenoxy) is 1. The molecule has 0 radical (unpaired) electrons. The second-order valence-electron chi connectivity index (χ2n) is 10.1. The normalized spacial score (nSPS) is 15.8. The molecule has 11 heteroatoms. The van der Waals surface area contributed by atoms with Gasteiger partial charge in [0.05, 0.1) is 38.9 Å². The van der Waals surface area contributed by atoms with Crippen molar-refractivity contribution in [3.05, 3.63) is 71.6 Å². The van der Waals surface area contributed by atoms with Crippen LogP contribution in [-0.4, -0.2) is 52.4 Å². The van der Waals surface area contributed by atoms with Crippen molar-refractivity contribution in [1.82, 2.24) is 24.5 Å². The number of nitrogens with zero attached hydrogens (tertiary/aromatic N) is 5. The average molecular weight is 552 g/mol. The fourth-order valence-electron chi connectivity index (χ4n) is 5.77. The molecule has 8 nitrogen and oxygen atoms in total. The first-order valence-electron chi connectivity index (χ1n) is 12.7. The fourth-order valence-corrected chi connectivity index (χ4v) is 6.34. The Morgan fingerprint density at radius 2 is 1.79 bits per heavy atom. The van der Waals surface area contributed by atoms with Gasteiger partial charge in [-0.2, -0.15) is 0 Å². The van der Waals surface area contributed by atoms with Crippen LogP contribution in [0.25, 0.3) is 33.2 Å². The quantitative estimate of drug-likeness (QED) is 0.306. The number of fused-ring (bicyclic) bond motifs is 3. The second kappa shape index (κ2) is 9.49. The van der Waals surface area contributed by atoms with E-state index in [4.69, 9.17) is 4.74 Å². The van der Waals surface area contributed by atoms with E-state index in [1.165, 1.54) is 23.0 Å². The summed E-state index contributed by atoms with van der Waals surface area (Å²) >= 11 is 0. The Morgan fingerprint density at radius 1 is 1.05 bits per heavy atom. The molecular formula is C28H27F2N5O3S. The molecule has 1 aliphatic heterocycles. The highest BCUT2D eigenvalue weighted by molar-refractivity contribution is 7.90. The number of sulfone groups is 1. The molecule has 4 heterocycles. The van der Waals surface area contributed by atoms with Crippen molar-refractivity contribution >= 4 is 31.8 Å². The number of rotatable bonds is 5. The summed E-state index contributed by atoms with van der Waals surface area (Å²) in [6, 6.07) is 10.8. The van der Waals surface area contributed by atoms with Gasteiger partial charge in [-0.25, -0.2) is 21.9 Å². The van der Waals surface area contributed by atoms with Crippen molar-refractivity contribution in [3.63, 3.8) is 0 Å². The van der Waals surface area contributed by atoms with Gasteiger partial charge in [0.15, 0.2) is 9.84 Å². The maximum Gasteiger partial charge on any atom is 0.177 e. The first-order chi connectivity index (χ1) is 18.6. The number of hydrogen-bond acceptors (Lipinski definition) is 6. The lowest BCUT2D eigenvalue weighted by molar-refractivity contribution is 0.0548. The molecule has 1 atom stereocenters. The predicted molar refractivity (Wildman–Crippen MR) is 143 cm³/mol. The van der Waals surface area contributed by atoms with Gasteiger partial charge >= 0.3 is 0 Å². The van der Waals surface area contributed by atoms with E-state index in [9.17, 15) is 8.42 Å². The molecule has 0 bridgehead atoms. The van der Waals surface area contributed by atoms with Crippen LogP contribution in [0.15, 0.2) is 53.6 Å². The largest absolute Gasteiger partial charge is 0.381 e. The van der Waals surface area contributed by atoms with Gasteiger partial charge in [-0.3, -0.25) is 4.98 Å². The summed E-state index contributed by atoms with van der Waals surface area (Å²) in [5.74, 6) is -0.882. The minimum absolute atomic E-state index is 0.0232. The smallest absolute Gasteiger partial charge is 0.177 e. The summed E-state index contributed by atoms with van der Waals surface area (Å²) in [4.78, 5) is 4.53. The van der Waals surface area contributed by atoms with Crippen molar-refractivity contribution < 1.29 is 21.9 Å². The number of aromatic nitrogens is 5. The van der Waals surface area contributed by atoms with Gasteiger partial charge in [0.2, 0.25) is 0 Å². The zero-order valence-electron chi connectivity index (χ0n) is 21.7. The van der Waals surface area contributed by atoms with E-state index in [2.05, 4.69) is 15.3 Å². The highest BCUT2D eigenvalue weighted by atomic mass is 32.2. The molecule has 0 N–H and O–H groups in total. The molecule has 202 valence electrons. The van der Waals surface area contributed by atoms with Gasteiger partial charge in [0, 0.05) is 49.2 Å². The van der Waals surface area contributed by atoms with E-state index in [1.54, 1.807) is 44.3 Å². The molecule has 3 aromatic heterocycles. The van der Waals surface area contributed by atoms with Crippen LogP contribution in [0.2, 0.25) is 0 Å². The first-order valence-corrected chi connectivity index (χ1v) is 14.6. The molecule has 0 saturated carbocycles. The van der Waals surface area contributed by atoms with Crippen molar-refractivity contribution in [2.75, 3.05) is 19.5 Å². The Kier molecular flexibility index (Phi) is 6.22. The summed E-state index contributed by atoms with van der Waals surface area (Å²) < 4.78 is 65.3. The van der Waals surface area contributed by atoms with Crippen molar-refractivity contribution in [2.24, 2.45) is 13.0 Å². The lowest BCUT2D eigenvalue weighted by Gasteiger charge is -2.33. The number of benzene rings is 2. The molecule has 0 amide bonds. The van der Waals surface area contributed by atoms with Crippen LogP contribution in [0, 0.1) is 24.5 Å². The lowest BCUT2D eigenvalue weighted by Crippen LogP contribution is -2.27. The van der Waals surface area contributed by atoms with Crippen LogP contribution in [0.3, 0.4) is 0 Å². The molecule has 1 saturated heterocycles. The number of hydrogen-bond donors (Lipinski definition) is 0. The van der Waals surface area contributed by atoms with E-state index in [0.717, 1.165) is 6.26 Å². The van der Waals surface area contributed by atoms with Gasteiger partial charge in [0.25, 0.3) is 0 Å². The third-order valence-corrected chi connectivity index (χ3v) is 8.67. The molecule has 1 fully saturated rings. The van der Waals surface area contributed by atoms with E-state index in [0.29, 0.717) is 70.5 Å². The summed E-state index contributed by atoms with van der Waals surface area (Å²) in [7, 11) is -1.91. The Labute approximate surface area is 224 Å². The molecule has 39 heavy (non-hydrogen) atoms. The Bertz CT molecular complexity index is 1820. The molecule has 6 rings (SSSR count). The molecule has 0 unspecified atom stereocenters. The summed E-state index contributed by atoms with van der Waals surface area (Å²) in [5.41, 5.74) is 3.38.